The Morgan fingerprint density at radius 2 is 2.11 bits per heavy atom. The lowest BCUT2D eigenvalue weighted by Crippen LogP contribution is -2.01. The number of rotatable bonds is 4. The Morgan fingerprint density at radius 3 is 2.44 bits per heavy atom. The van der Waals surface area contributed by atoms with Gasteiger partial charge in [0.05, 0.1) is 6.61 Å². The Bertz CT molecular complexity index is 114. The van der Waals surface area contributed by atoms with Crippen molar-refractivity contribution in [2.24, 2.45) is 5.73 Å². The molecule has 6 heteroatoms. The van der Waals surface area contributed by atoms with Gasteiger partial charge in [0.25, 0.3) is 0 Å². The zero-order valence-electron chi connectivity index (χ0n) is 4.72. The largest absolute Gasteiger partial charge is 0.380 e. The Hall–Kier alpha value is 0.730. The van der Waals surface area contributed by atoms with Crippen molar-refractivity contribution in [2.45, 2.75) is 6.42 Å². The predicted octanol–water partition coefficient (Wildman–Crippen LogP) is 1.94. The SMILES string of the molecule is NCCCOP(=O)(Cl)Cl. The van der Waals surface area contributed by atoms with Crippen molar-refractivity contribution in [2.75, 3.05) is 13.2 Å². The van der Waals surface area contributed by atoms with E-state index in [2.05, 4.69) is 4.52 Å². The molecule has 0 amide bonds. The lowest BCUT2D eigenvalue weighted by molar-refractivity contribution is 0.329. The summed E-state index contributed by atoms with van der Waals surface area (Å²) >= 11 is 10.1. The van der Waals surface area contributed by atoms with Crippen LogP contribution in [0.15, 0.2) is 0 Å². The fourth-order valence-corrected chi connectivity index (χ4v) is 1.01. The molecule has 3 nitrogen and oxygen atoms in total. The standard InChI is InChI=1S/C3H8Cl2NO2P/c4-9(5,7)8-3-1-2-6/h1-3,6H2. The summed E-state index contributed by atoms with van der Waals surface area (Å²) in [5.41, 5.74) is 5.10. The van der Waals surface area contributed by atoms with Crippen molar-refractivity contribution in [3.63, 3.8) is 0 Å². The van der Waals surface area contributed by atoms with E-state index in [0.29, 0.717) is 13.0 Å². The Labute approximate surface area is 63.5 Å². The molecule has 0 atom stereocenters. The third-order valence-electron chi connectivity index (χ3n) is 0.590. The van der Waals surface area contributed by atoms with Crippen LogP contribution in [0, 0.1) is 0 Å². The molecule has 0 bridgehead atoms. The molecule has 0 spiro atoms. The summed E-state index contributed by atoms with van der Waals surface area (Å²) in [4.78, 5) is 0. The highest BCUT2D eigenvalue weighted by atomic mass is 35.9. The molecule has 0 aromatic rings. The van der Waals surface area contributed by atoms with E-state index in [1.807, 2.05) is 0 Å². The van der Waals surface area contributed by atoms with Gasteiger partial charge in [-0.3, -0.25) is 4.57 Å². The fourth-order valence-electron chi connectivity index (χ4n) is 0.254. The second-order valence-corrected chi connectivity index (χ2v) is 5.67. The Balaban J connectivity index is 3.18. The van der Waals surface area contributed by atoms with Crippen LogP contribution in [-0.2, 0) is 9.09 Å². The van der Waals surface area contributed by atoms with E-state index in [-0.39, 0.29) is 6.61 Å². The van der Waals surface area contributed by atoms with Gasteiger partial charge in [0, 0.05) is 0 Å². The molecule has 0 radical (unpaired) electrons. The van der Waals surface area contributed by atoms with E-state index in [4.69, 9.17) is 28.2 Å². The van der Waals surface area contributed by atoms with Gasteiger partial charge in [-0.2, -0.15) is 0 Å². The van der Waals surface area contributed by atoms with Gasteiger partial charge in [-0.25, -0.2) is 0 Å². The molecule has 0 fully saturated rings. The van der Waals surface area contributed by atoms with Crippen molar-refractivity contribution in [1.82, 2.24) is 0 Å². The van der Waals surface area contributed by atoms with Crippen LogP contribution in [0.2, 0.25) is 0 Å². The van der Waals surface area contributed by atoms with Crippen molar-refractivity contribution in [3.05, 3.63) is 0 Å². The molecule has 0 aliphatic heterocycles. The lowest BCUT2D eigenvalue weighted by Gasteiger charge is -2.00. The molecule has 2 N–H and O–H groups in total. The normalized spacial score (nSPS) is 11.9. The topological polar surface area (TPSA) is 52.3 Å². The summed E-state index contributed by atoms with van der Waals surface area (Å²) in [6.07, 6.45) is -2.69. The maximum absolute atomic E-state index is 10.4. The van der Waals surface area contributed by atoms with Crippen LogP contribution in [0.4, 0.5) is 0 Å². The second-order valence-electron chi connectivity index (χ2n) is 1.39. The summed E-state index contributed by atoms with van der Waals surface area (Å²) in [6.45, 7) is 0.731. The summed E-state index contributed by atoms with van der Waals surface area (Å²) in [5.74, 6) is 0. The molecule has 0 heterocycles. The first kappa shape index (κ1) is 9.73. The highest BCUT2D eigenvalue weighted by Gasteiger charge is 2.12. The minimum Gasteiger partial charge on any atom is -0.330 e. The molecule has 0 rings (SSSR count). The fraction of sp³-hybridized carbons (Fsp3) is 1.00. The van der Waals surface area contributed by atoms with Gasteiger partial charge < -0.3 is 10.3 Å². The highest BCUT2D eigenvalue weighted by Crippen LogP contribution is 2.57. The molecule has 0 aliphatic carbocycles. The number of hydrogen-bond donors (Lipinski definition) is 1. The van der Waals surface area contributed by atoms with E-state index in [9.17, 15) is 4.57 Å². The van der Waals surface area contributed by atoms with Crippen LogP contribution in [-0.4, -0.2) is 13.2 Å². The minimum atomic E-state index is -3.31. The molecular formula is C3H8Cl2NO2P. The lowest BCUT2D eigenvalue weighted by atomic mass is 10.5. The number of hydrogen-bond acceptors (Lipinski definition) is 3. The monoisotopic (exact) mass is 191 g/mol. The average Bonchev–Trinajstić information content (AvgIpc) is 1.63. The maximum atomic E-state index is 10.4. The molecule has 0 saturated heterocycles. The van der Waals surface area contributed by atoms with Crippen molar-refractivity contribution in [3.8, 4) is 0 Å². The number of halogens is 2. The molecule has 0 saturated carbocycles. The first-order valence-electron chi connectivity index (χ1n) is 2.40. The zero-order chi connectivity index (χ0) is 7.33. The van der Waals surface area contributed by atoms with Crippen molar-refractivity contribution < 1.29 is 9.09 Å². The summed E-state index contributed by atoms with van der Waals surface area (Å²) in [6, 6.07) is 0. The molecule has 0 aliphatic rings. The predicted molar refractivity (Wildman–Crippen MR) is 38.9 cm³/mol. The molecule has 0 aromatic heterocycles. The Morgan fingerprint density at radius 1 is 1.56 bits per heavy atom. The molecule has 0 unspecified atom stereocenters. The van der Waals surface area contributed by atoms with Gasteiger partial charge in [-0.05, 0) is 35.4 Å². The van der Waals surface area contributed by atoms with E-state index in [1.54, 1.807) is 0 Å². The first-order chi connectivity index (χ1) is 4.06. The van der Waals surface area contributed by atoms with Crippen molar-refractivity contribution >= 4 is 28.6 Å². The zero-order valence-corrected chi connectivity index (χ0v) is 7.12. The van der Waals surface area contributed by atoms with Crippen molar-refractivity contribution in [1.29, 1.82) is 0 Å². The smallest absolute Gasteiger partial charge is 0.330 e. The van der Waals surface area contributed by atoms with E-state index in [0.717, 1.165) is 0 Å². The van der Waals surface area contributed by atoms with E-state index >= 15 is 0 Å². The second kappa shape index (κ2) is 4.53. The molecule has 9 heavy (non-hydrogen) atoms. The highest BCUT2D eigenvalue weighted by molar-refractivity contribution is 8.05. The third-order valence-corrected chi connectivity index (χ3v) is 1.66. The average molecular weight is 192 g/mol. The third kappa shape index (κ3) is 8.73. The summed E-state index contributed by atoms with van der Waals surface area (Å²) in [7, 11) is 0. The van der Waals surface area contributed by atoms with Crippen LogP contribution in [0.5, 0.6) is 0 Å². The van der Waals surface area contributed by atoms with E-state index in [1.165, 1.54) is 0 Å². The van der Waals surface area contributed by atoms with Gasteiger partial charge in [-0.15, -0.1) is 0 Å². The molecular weight excluding hydrogens is 184 g/mol. The van der Waals surface area contributed by atoms with Crippen LogP contribution in [0.3, 0.4) is 0 Å². The summed E-state index contributed by atoms with van der Waals surface area (Å²) < 4.78 is 14.8. The first-order valence-corrected chi connectivity index (χ1v) is 5.83. The van der Waals surface area contributed by atoms with E-state index < -0.39 is 6.07 Å². The minimum absolute atomic E-state index is 0.251. The van der Waals surface area contributed by atoms with Crippen LogP contribution in [0.25, 0.3) is 0 Å². The van der Waals surface area contributed by atoms with Crippen LogP contribution in [0.1, 0.15) is 6.42 Å². The van der Waals surface area contributed by atoms with Gasteiger partial charge in [0.15, 0.2) is 0 Å². The molecule has 56 valence electrons. The quantitative estimate of drug-likeness (QED) is 0.546. The van der Waals surface area contributed by atoms with Gasteiger partial charge in [-0.1, -0.05) is 0 Å². The van der Waals surface area contributed by atoms with Crippen LogP contribution < -0.4 is 5.73 Å². The maximum Gasteiger partial charge on any atom is 0.380 e. The van der Waals surface area contributed by atoms with Gasteiger partial charge in [0.2, 0.25) is 0 Å². The van der Waals surface area contributed by atoms with Gasteiger partial charge >= 0.3 is 6.07 Å². The number of nitrogens with two attached hydrogens (primary N) is 1. The molecule has 0 aromatic carbocycles. The van der Waals surface area contributed by atoms with Gasteiger partial charge in [0.1, 0.15) is 0 Å². The summed E-state index contributed by atoms with van der Waals surface area (Å²) in [5, 5.41) is 0. The van der Waals surface area contributed by atoms with Crippen LogP contribution >= 0.6 is 28.6 Å². The Kier molecular flexibility index (Phi) is 4.90.